The van der Waals surface area contributed by atoms with E-state index in [0.717, 1.165) is 16.5 Å². The molecule has 0 aliphatic carbocycles. The van der Waals surface area contributed by atoms with E-state index >= 15 is 0 Å². The smallest absolute Gasteiger partial charge is 0.413 e. The maximum absolute atomic E-state index is 12.4. The Morgan fingerprint density at radius 2 is 1.73 bits per heavy atom. The van der Waals surface area contributed by atoms with E-state index in [1.807, 2.05) is 60.7 Å². The van der Waals surface area contributed by atoms with Crippen molar-refractivity contribution in [2.24, 2.45) is 0 Å². The summed E-state index contributed by atoms with van der Waals surface area (Å²) in [5, 5.41) is 13.8. The molecule has 6 heteroatoms. The lowest BCUT2D eigenvalue weighted by Gasteiger charge is -2.14. The van der Waals surface area contributed by atoms with Gasteiger partial charge in [-0.15, -0.1) is 0 Å². The third-order valence-electron chi connectivity index (χ3n) is 4.55. The Hall–Kier alpha value is -3.88. The number of nitriles is 1. The third-order valence-corrected chi connectivity index (χ3v) is 4.79. The number of halogens is 1. The van der Waals surface area contributed by atoms with Gasteiger partial charge in [0.2, 0.25) is 0 Å². The van der Waals surface area contributed by atoms with Crippen molar-refractivity contribution in [2.45, 2.75) is 6.61 Å². The summed E-state index contributed by atoms with van der Waals surface area (Å²) in [6.45, 7) is 0.114. The van der Waals surface area contributed by atoms with Gasteiger partial charge in [-0.2, -0.15) is 5.26 Å². The molecule has 0 saturated carbocycles. The zero-order chi connectivity index (χ0) is 20.9. The van der Waals surface area contributed by atoms with Crippen LogP contribution in [-0.2, 0) is 11.3 Å². The summed E-state index contributed by atoms with van der Waals surface area (Å²) in [5.41, 5.74) is 3.19. The van der Waals surface area contributed by atoms with Crippen LogP contribution in [-0.4, -0.2) is 11.1 Å². The molecule has 146 valence electrons. The van der Waals surface area contributed by atoms with Gasteiger partial charge < -0.3 is 4.74 Å². The number of pyridine rings is 1. The normalized spacial score (nSPS) is 10.4. The number of nitrogens with zero attached hydrogens (tertiary/aromatic N) is 2. The Labute approximate surface area is 178 Å². The van der Waals surface area contributed by atoms with Crippen LogP contribution in [0.25, 0.3) is 22.0 Å². The number of amides is 1. The average molecular weight is 414 g/mol. The van der Waals surface area contributed by atoms with Crippen molar-refractivity contribution >= 4 is 34.4 Å². The number of ether oxygens (including phenoxy) is 1. The first-order valence-electron chi connectivity index (χ1n) is 9.22. The molecule has 0 radical (unpaired) electrons. The van der Waals surface area contributed by atoms with Crippen LogP contribution in [0.4, 0.5) is 10.6 Å². The number of aromatic nitrogens is 1. The fourth-order valence-electron chi connectivity index (χ4n) is 3.20. The summed E-state index contributed by atoms with van der Waals surface area (Å²) < 4.78 is 5.29. The number of hydrogen-bond donors (Lipinski definition) is 1. The quantitative estimate of drug-likeness (QED) is 0.433. The van der Waals surface area contributed by atoms with Gasteiger partial charge in [-0.05, 0) is 29.3 Å². The maximum Gasteiger partial charge on any atom is 0.413 e. The number of carbonyl (C=O) groups excluding carboxylic acids is 1. The van der Waals surface area contributed by atoms with Crippen LogP contribution in [0.5, 0.6) is 0 Å². The highest BCUT2D eigenvalue weighted by Gasteiger charge is 2.19. The first-order chi connectivity index (χ1) is 14.7. The molecule has 1 N–H and O–H groups in total. The number of hydrogen-bond acceptors (Lipinski definition) is 4. The molecule has 1 heterocycles. The lowest BCUT2D eigenvalue weighted by atomic mass is 9.96. The third kappa shape index (κ3) is 4.09. The van der Waals surface area contributed by atoms with Crippen LogP contribution in [0, 0.1) is 11.3 Å². The second-order valence-electron chi connectivity index (χ2n) is 6.54. The highest BCUT2D eigenvalue weighted by atomic mass is 35.5. The van der Waals surface area contributed by atoms with E-state index in [1.165, 1.54) is 0 Å². The molecule has 1 amide bonds. The number of nitrogens with one attached hydrogen (secondary N) is 1. The molecular formula is C24H16ClN3O2. The fraction of sp³-hybridized carbons (Fsp3) is 0.0417. The van der Waals surface area contributed by atoms with Crippen molar-refractivity contribution in [1.29, 1.82) is 5.26 Å². The second-order valence-corrected chi connectivity index (χ2v) is 6.97. The Morgan fingerprint density at radius 1 is 1.03 bits per heavy atom. The van der Waals surface area contributed by atoms with Gasteiger partial charge in [0.1, 0.15) is 18.2 Å². The van der Waals surface area contributed by atoms with Crippen molar-refractivity contribution in [3.63, 3.8) is 0 Å². The number of benzene rings is 3. The molecule has 0 aliphatic rings. The highest BCUT2D eigenvalue weighted by molar-refractivity contribution is 6.31. The van der Waals surface area contributed by atoms with Crippen molar-refractivity contribution in [3.05, 3.63) is 95.0 Å². The summed E-state index contributed by atoms with van der Waals surface area (Å²) in [6.07, 6.45) is -0.685. The van der Waals surface area contributed by atoms with E-state index in [0.29, 0.717) is 16.1 Å². The molecule has 30 heavy (non-hydrogen) atoms. The Balaban J connectivity index is 1.74. The molecule has 3 aromatic carbocycles. The molecule has 0 spiro atoms. The first-order valence-corrected chi connectivity index (χ1v) is 9.60. The molecule has 0 bridgehead atoms. The van der Waals surface area contributed by atoms with Gasteiger partial charge >= 0.3 is 6.09 Å². The lowest BCUT2D eigenvalue weighted by molar-refractivity contribution is 0.155. The summed E-state index contributed by atoms with van der Waals surface area (Å²) >= 11 is 6.20. The van der Waals surface area contributed by atoms with Gasteiger partial charge in [-0.1, -0.05) is 72.3 Å². The fourth-order valence-corrected chi connectivity index (χ4v) is 3.37. The first kappa shape index (κ1) is 19.4. The maximum atomic E-state index is 12.4. The second kappa shape index (κ2) is 8.64. The Morgan fingerprint density at radius 3 is 2.43 bits per heavy atom. The Bertz CT molecular complexity index is 1250. The largest absolute Gasteiger partial charge is 0.444 e. The van der Waals surface area contributed by atoms with Crippen LogP contribution in [0.1, 0.15) is 11.1 Å². The highest BCUT2D eigenvalue weighted by Crippen LogP contribution is 2.36. The minimum Gasteiger partial charge on any atom is -0.444 e. The molecule has 0 saturated heterocycles. The molecule has 0 fully saturated rings. The predicted octanol–water partition coefficient (Wildman–Crippen LogP) is 6.18. The van der Waals surface area contributed by atoms with E-state index < -0.39 is 6.09 Å². The van der Waals surface area contributed by atoms with E-state index in [9.17, 15) is 10.1 Å². The van der Waals surface area contributed by atoms with Crippen LogP contribution in [0.2, 0.25) is 5.02 Å². The molecule has 4 rings (SSSR count). The van der Waals surface area contributed by atoms with E-state index in [2.05, 4.69) is 16.4 Å². The van der Waals surface area contributed by atoms with Gasteiger partial charge in [0, 0.05) is 16.0 Å². The van der Waals surface area contributed by atoms with E-state index in [4.69, 9.17) is 16.3 Å². The van der Waals surface area contributed by atoms with Gasteiger partial charge in [0.25, 0.3) is 0 Å². The lowest BCUT2D eigenvalue weighted by Crippen LogP contribution is -2.16. The van der Waals surface area contributed by atoms with Crippen molar-refractivity contribution in [1.82, 2.24) is 4.98 Å². The summed E-state index contributed by atoms with van der Waals surface area (Å²) in [4.78, 5) is 16.9. The summed E-state index contributed by atoms with van der Waals surface area (Å²) in [5.74, 6) is 0.143. The summed E-state index contributed by atoms with van der Waals surface area (Å²) in [7, 11) is 0. The minimum absolute atomic E-state index is 0.114. The molecule has 4 aromatic rings. The molecule has 5 nitrogen and oxygen atoms in total. The molecule has 0 atom stereocenters. The van der Waals surface area contributed by atoms with Crippen LogP contribution < -0.4 is 5.32 Å². The van der Waals surface area contributed by atoms with Gasteiger partial charge in [-0.25, -0.2) is 9.78 Å². The van der Waals surface area contributed by atoms with Gasteiger partial charge in [-0.3, -0.25) is 5.32 Å². The molecule has 0 aliphatic heterocycles. The molecule has 1 aromatic heterocycles. The van der Waals surface area contributed by atoms with Crippen molar-refractivity contribution in [2.75, 3.05) is 5.32 Å². The number of anilines is 1. The van der Waals surface area contributed by atoms with Crippen molar-refractivity contribution < 1.29 is 9.53 Å². The number of fused-ring (bicyclic) bond motifs is 1. The van der Waals surface area contributed by atoms with Crippen molar-refractivity contribution in [3.8, 4) is 17.2 Å². The minimum atomic E-state index is -0.685. The zero-order valence-electron chi connectivity index (χ0n) is 15.8. The van der Waals surface area contributed by atoms with Gasteiger partial charge in [0.05, 0.1) is 5.52 Å². The average Bonchev–Trinajstić information content (AvgIpc) is 2.78. The van der Waals surface area contributed by atoms with Gasteiger partial charge in [0.15, 0.2) is 5.82 Å². The number of rotatable bonds is 4. The topological polar surface area (TPSA) is 75.0 Å². The monoisotopic (exact) mass is 413 g/mol. The predicted molar refractivity (Wildman–Crippen MR) is 117 cm³/mol. The van der Waals surface area contributed by atoms with E-state index in [1.54, 1.807) is 18.2 Å². The SMILES string of the molecule is N#Cc1c(NC(=O)OCc2ccccc2)nc2ccc(Cl)cc2c1-c1ccccc1. The Kier molecular flexibility index (Phi) is 5.60. The van der Waals surface area contributed by atoms with E-state index in [-0.39, 0.29) is 18.0 Å². The zero-order valence-corrected chi connectivity index (χ0v) is 16.6. The molecule has 0 unspecified atom stereocenters. The van der Waals surface area contributed by atoms with Crippen LogP contribution >= 0.6 is 11.6 Å². The molecular weight excluding hydrogens is 398 g/mol. The van der Waals surface area contributed by atoms with Crippen LogP contribution in [0.15, 0.2) is 78.9 Å². The summed E-state index contributed by atoms with van der Waals surface area (Å²) in [6, 6.07) is 26.2. The number of carbonyl (C=O) groups is 1. The standard InChI is InChI=1S/C24H16ClN3O2/c25-18-11-12-21-19(13-18)22(17-9-5-2-6-10-17)20(14-26)23(27-21)28-24(29)30-15-16-7-3-1-4-8-16/h1-13H,15H2,(H,27,28,29). The van der Waals surface area contributed by atoms with Crippen LogP contribution in [0.3, 0.4) is 0 Å².